The maximum Gasteiger partial charge on any atom is 0.138 e. The molecule has 0 saturated heterocycles. The Morgan fingerprint density at radius 2 is 2.12 bits per heavy atom. The van der Waals surface area contributed by atoms with Gasteiger partial charge in [-0.1, -0.05) is 13.8 Å². The van der Waals surface area contributed by atoms with Crippen LogP contribution >= 0.6 is 11.8 Å². The largest absolute Gasteiger partial charge is 0.327 e. The third-order valence-corrected chi connectivity index (χ3v) is 4.27. The van der Waals surface area contributed by atoms with Crippen LogP contribution in [0.25, 0.3) is 0 Å². The smallest absolute Gasteiger partial charge is 0.138 e. The molecule has 1 rings (SSSR count). The highest BCUT2D eigenvalue weighted by molar-refractivity contribution is 7.99. The first-order chi connectivity index (χ1) is 8.04. The van der Waals surface area contributed by atoms with E-state index in [-0.39, 0.29) is 6.04 Å². The lowest BCUT2D eigenvalue weighted by Gasteiger charge is -2.15. The zero-order valence-corrected chi connectivity index (χ0v) is 12.1. The van der Waals surface area contributed by atoms with Crippen LogP contribution in [0.3, 0.4) is 0 Å². The van der Waals surface area contributed by atoms with Gasteiger partial charge in [-0.2, -0.15) is 16.9 Å². The molecule has 0 fully saturated rings. The summed E-state index contributed by atoms with van der Waals surface area (Å²) in [7, 11) is 0. The van der Waals surface area contributed by atoms with E-state index in [9.17, 15) is 0 Å². The van der Waals surface area contributed by atoms with Crippen LogP contribution in [0.1, 0.15) is 46.0 Å². The highest BCUT2D eigenvalue weighted by Crippen LogP contribution is 2.15. The van der Waals surface area contributed by atoms with Crippen molar-refractivity contribution < 1.29 is 0 Å². The van der Waals surface area contributed by atoms with Crippen LogP contribution in [0.2, 0.25) is 0 Å². The molecule has 1 aromatic rings. The van der Waals surface area contributed by atoms with E-state index < -0.39 is 0 Å². The molecule has 1 heterocycles. The van der Waals surface area contributed by atoms with Gasteiger partial charge in [0.05, 0.1) is 0 Å². The molecule has 0 amide bonds. The van der Waals surface area contributed by atoms with Crippen molar-refractivity contribution in [2.24, 2.45) is 5.73 Å². The maximum absolute atomic E-state index is 6.13. The van der Waals surface area contributed by atoms with Gasteiger partial charge in [-0.05, 0) is 20.3 Å². The second-order valence-electron chi connectivity index (χ2n) is 4.73. The number of nitrogens with zero attached hydrogens (tertiary/aromatic N) is 3. The highest BCUT2D eigenvalue weighted by Gasteiger charge is 2.13. The summed E-state index contributed by atoms with van der Waals surface area (Å²) in [5.74, 6) is 1.98. The summed E-state index contributed by atoms with van der Waals surface area (Å²) in [6, 6.07) is 0.512. The fraction of sp³-hybridized carbons (Fsp3) is 0.833. The predicted molar refractivity (Wildman–Crippen MR) is 74.3 cm³/mol. The molecule has 2 atom stereocenters. The van der Waals surface area contributed by atoms with Gasteiger partial charge in [0.25, 0.3) is 0 Å². The van der Waals surface area contributed by atoms with Crippen LogP contribution in [0.4, 0.5) is 0 Å². The monoisotopic (exact) mass is 256 g/mol. The Kier molecular flexibility index (Phi) is 5.98. The second kappa shape index (κ2) is 7.01. The summed E-state index contributed by atoms with van der Waals surface area (Å²) in [5, 5.41) is 4.91. The quantitative estimate of drug-likeness (QED) is 0.813. The number of hydrogen-bond donors (Lipinski definition) is 1. The van der Waals surface area contributed by atoms with Crippen molar-refractivity contribution in [1.82, 2.24) is 14.8 Å². The molecule has 0 bridgehead atoms. The van der Waals surface area contributed by atoms with Crippen LogP contribution in [-0.2, 0) is 6.42 Å². The molecular weight excluding hydrogens is 232 g/mol. The molecule has 5 heteroatoms. The second-order valence-corrected chi connectivity index (χ2v) is 6.20. The lowest BCUT2D eigenvalue weighted by molar-refractivity contribution is 0.496. The van der Waals surface area contributed by atoms with E-state index >= 15 is 0 Å². The van der Waals surface area contributed by atoms with Gasteiger partial charge in [-0.3, -0.25) is 0 Å². The minimum absolute atomic E-state index is 0.163. The van der Waals surface area contributed by atoms with Crippen molar-refractivity contribution in [3.63, 3.8) is 0 Å². The third kappa shape index (κ3) is 4.68. The fourth-order valence-corrected chi connectivity index (χ4v) is 2.48. The van der Waals surface area contributed by atoms with Crippen molar-refractivity contribution in [3.05, 3.63) is 12.2 Å². The molecule has 2 unspecified atom stereocenters. The number of nitrogens with two attached hydrogens (primary N) is 1. The van der Waals surface area contributed by atoms with E-state index in [1.165, 1.54) is 6.42 Å². The molecule has 4 nitrogen and oxygen atoms in total. The Bertz CT molecular complexity index is 324. The summed E-state index contributed by atoms with van der Waals surface area (Å²) in [6.45, 7) is 8.67. The SMILES string of the molecule is CCC(C)SCC(N)Cc1ncnn1C(C)C. The number of hydrogen-bond acceptors (Lipinski definition) is 4. The van der Waals surface area contributed by atoms with E-state index in [0.29, 0.717) is 11.3 Å². The molecule has 0 aliphatic heterocycles. The van der Waals surface area contributed by atoms with Crippen LogP contribution in [0.5, 0.6) is 0 Å². The molecule has 17 heavy (non-hydrogen) atoms. The molecule has 0 spiro atoms. The summed E-state index contributed by atoms with van der Waals surface area (Å²) < 4.78 is 1.95. The number of aromatic nitrogens is 3. The van der Waals surface area contributed by atoms with E-state index in [1.54, 1.807) is 6.33 Å². The Morgan fingerprint density at radius 3 is 2.71 bits per heavy atom. The van der Waals surface area contributed by atoms with Crippen LogP contribution in [0.15, 0.2) is 6.33 Å². The summed E-state index contributed by atoms with van der Waals surface area (Å²) >= 11 is 1.94. The number of thioether (sulfide) groups is 1. The Labute approximate surface area is 108 Å². The first-order valence-corrected chi connectivity index (χ1v) is 7.35. The molecule has 1 aromatic heterocycles. The van der Waals surface area contributed by atoms with Crippen molar-refractivity contribution in [3.8, 4) is 0 Å². The Hall–Kier alpha value is -0.550. The zero-order valence-electron chi connectivity index (χ0n) is 11.3. The van der Waals surface area contributed by atoms with Gasteiger partial charge in [-0.15, -0.1) is 0 Å². The van der Waals surface area contributed by atoms with E-state index in [0.717, 1.165) is 18.0 Å². The molecule has 0 saturated carbocycles. The van der Waals surface area contributed by atoms with Crippen molar-refractivity contribution in [1.29, 1.82) is 0 Å². The minimum atomic E-state index is 0.163. The first-order valence-electron chi connectivity index (χ1n) is 6.30. The molecular formula is C12H24N4S. The van der Waals surface area contributed by atoms with E-state index in [2.05, 4.69) is 37.8 Å². The average Bonchev–Trinajstić information content (AvgIpc) is 2.74. The molecule has 98 valence electrons. The van der Waals surface area contributed by atoms with Crippen LogP contribution < -0.4 is 5.73 Å². The van der Waals surface area contributed by atoms with Gasteiger partial charge in [0.1, 0.15) is 12.2 Å². The summed E-state index contributed by atoms with van der Waals surface area (Å²) in [6.07, 6.45) is 3.62. The number of rotatable bonds is 7. The van der Waals surface area contributed by atoms with E-state index in [4.69, 9.17) is 5.73 Å². The fourth-order valence-electron chi connectivity index (χ4n) is 1.55. The summed E-state index contributed by atoms with van der Waals surface area (Å²) in [4.78, 5) is 4.29. The van der Waals surface area contributed by atoms with Crippen molar-refractivity contribution in [2.75, 3.05) is 5.75 Å². The van der Waals surface area contributed by atoms with Crippen molar-refractivity contribution in [2.45, 2.75) is 57.9 Å². The van der Waals surface area contributed by atoms with Gasteiger partial charge in [0.15, 0.2) is 0 Å². The van der Waals surface area contributed by atoms with Gasteiger partial charge in [-0.25, -0.2) is 9.67 Å². The normalized spacial score (nSPS) is 15.2. The van der Waals surface area contributed by atoms with Crippen LogP contribution in [0, 0.1) is 0 Å². The minimum Gasteiger partial charge on any atom is -0.327 e. The van der Waals surface area contributed by atoms with E-state index in [1.807, 2.05) is 16.4 Å². The molecule has 2 N–H and O–H groups in total. The average molecular weight is 256 g/mol. The molecule has 0 aliphatic rings. The predicted octanol–water partition coefficient (Wildman–Crippen LogP) is 2.26. The first kappa shape index (κ1) is 14.5. The lowest BCUT2D eigenvalue weighted by atomic mass is 10.2. The van der Waals surface area contributed by atoms with Gasteiger partial charge in [0.2, 0.25) is 0 Å². The highest BCUT2D eigenvalue weighted by atomic mass is 32.2. The molecule has 0 aliphatic carbocycles. The molecule has 0 radical (unpaired) electrons. The third-order valence-electron chi connectivity index (χ3n) is 2.75. The van der Waals surface area contributed by atoms with Gasteiger partial charge < -0.3 is 5.73 Å². The van der Waals surface area contributed by atoms with Gasteiger partial charge >= 0.3 is 0 Å². The van der Waals surface area contributed by atoms with Crippen LogP contribution in [-0.4, -0.2) is 31.8 Å². The topological polar surface area (TPSA) is 56.7 Å². The Balaban J connectivity index is 2.44. The lowest BCUT2D eigenvalue weighted by Crippen LogP contribution is -2.28. The maximum atomic E-state index is 6.13. The molecule has 0 aromatic carbocycles. The standard InChI is InChI=1S/C12H24N4S/c1-5-10(4)17-7-11(13)6-12-14-8-15-16(12)9(2)3/h8-11H,5-7,13H2,1-4H3. The van der Waals surface area contributed by atoms with Gasteiger partial charge in [0, 0.05) is 29.5 Å². The summed E-state index contributed by atoms with van der Waals surface area (Å²) in [5.41, 5.74) is 6.13. The van der Waals surface area contributed by atoms with Crippen molar-refractivity contribution >= 4 is 11.8 Å². The Morgan fingerprint density at radius 1 is 1.41 bits per heavy atom. The zero-order chi connectivity index (χ0) is 12.8.